The number of carbonyl (C=O) groups excluding carboxylic acids is 1. The second-order valence-corrected chi connectivity index (χ2v) is 4.42. The van der Waals surface area contributed by atoms with Crippen molar-refractivity contribution in [1.29, 1.82) is 0 Å². The Bertz CT molecular complexity index is 258. The number of nitrogens with zero attached hydrogens (tertiary/aromatic N) is 1. The van der Waals surface area contributed by atoms with Gasteiger partial charge in [0, 0.05) is 25.6 Å². The van der Waals surface area contributed by atoms with Crippen LogP contribution in [0.2, 0.25) is 0 Å². The van der Waals surface area contributed by atoms with Crippen LogP contribution in [-0.4, -0.2) is 36.5 Å². The van der Waals surface area contributed by atoms with Crippen molar-refractivity contribution < 1.29 is 4.79 Å². The van der Waals surface area contributed by atoms with Crippen LogP contribution in [0, 0.1) is 5.92 Å². The monoisotopic (exact) mass is 208 g/mol. The van der Waals surface area contributed by atoms with Crippen molar-refractivity contribution in [2.24, 2.45) is 5.92 Å². The van der Waals surface area contributed by atoms with Crippen LogP contribution in [0.15, 0.2) is 12.2 Å². The third kappa shape index (κ3) is 2.23. The first-order valence-corrected chi connectivity index (χ1v) is 5.99. The maximum Gasteiger partial charge on any atom is 0.226 e. The first kappa shape index (κ1) is 10.7. The van der Waals surface area contributed by atoms with Crippen LogP contribution in [0.25, 0.3) is 0 Å². The largest absolute Gasteiger partial charge is 0.337 e. The molecule has 1 heterocycles. The summed E-state index contributed by atoms with van der Waals surface area (Å²) in [4.78, 5) is 14.3. The van der Waals surface area contributed by atoms with Gasteiger partial charge in [0.15, 0.2) is 0 Å². The van der Waals surface area contributed by atoms with E-state index in [0.29, 0.717) is 11.9 Å². The molecule has 15 heavy (non-hydrogen) atoms. The molecule has 1 amide bonds. The van der Waals surface area contributed by atoms with Crippen molar-refractivity contribution in [3.8, 4) is 0 Å². The van der Waals surface area contributed by atoms with Crippen molar-refractivity contribution in [1.82, 2.24) is 10.2 Å². The van der Waals surface area contributed by atoms with Crippen molar-refractivity contribution in [2.75, 3.05) is 19.6 Å². The molecule has 1 atom stereocenters. The van der Waals surface area contributed by atoms with E-state index in [1.807, 2.05) is 0 Å². The highest BCUT2D eigenvalue weighted by Crippen LogP contribution is 2.22. The molecule has 2 aliphatic rings. The highest BCUT2D eigenvalue weighted by molar-refractivity contribution is 5.79. The Morgan fingerprint density at radius 3 is 2.73 bits per heavy atom. The Morgan fingerprint density at radius 1 is 1.47 bits per heavy atom. The van der Waals surface area contributed by atoms with Crippen LogP contribution < -0.4 is 5.32 Å². The van der Waals surface area contributed by atoms with Gasteiger partial charge in [-0.2, -0.15) is 0 Å². The van der Waals surface area contributed by atoms with Gasteiger partial charge in [0.2, 0.25) is 5.91 Å². The minimum absolute atomic E-state index is 0.246. The fraction of sp³-hybridized carbons (Fsp3) is 0.750. The normalized spacial score (nSPS) is 26.1. The predicted molar refractivity (Wildman–Crippen MR) is 60.5 cm³/mol. The standard InChI is InChI=1S/C12H20N2O/c1-2-14(11-8-13-9-11)12(15)10-6-4-3-5-7-10/h3-4,10-11,13H,2,5-9H2,1H3. The smallest absolute Gasteiger partial charge is 0.226 e. The zero-order valence-electron chi connectivity index (χ0n) is 9.41. The summed E-state index contributed by atoms with van der Waals surface area (Å²) in [5.41, 5.74) is 0. The lowest BCUT2D eigenvalue weighted by Crippen LogP contribution is -2.59. The van der Waals surface area contributed by atoms with Crippen LogP contribution in [0.3, 0.4) is 0 Å². The summed E-state index contributed by atoms with van der Waals surface area (Å²) >= 11 is 0. The number of hydrogen-bond acceptors (Lipinski definition) is 2. The van der Waals surface area contributed by atoms with Gasteiger partial charge < -0.3 is 10.2 Å². The van der Waals surface area contributed by atoms with E-state index < -0.39 is 0 Å². The lowest BCUT2D eigenvalue weighted by atomic mass is 9.92. The minimum atomic E-state index is 0.246. The fourth-order valence-corrected chi connectivity index (χ4v) is 2.34. The Kier molecular flexibility index (Phi) is 3.41. The summed E-state index contributed by atoms with van der Waals surface area (Å²) in [5, 5.41) is 3.23. The summed E-state index contributed by atoms with van der Waals surface area (Å²) < 4.78 is 0. The van der Waals surface area contributed by atoms with Crippen molar-refractivity contribution in [3.63, 3.8) is 0 Å². The van der Waals surface area contributed by atoms with Gasteiger partial charge in [-0.1, -0.05) is 12.2 Å². The number of rotatable bonds is 3. The van der Waals surface area contributed by atoms with E-state index in [-0.39, 0.29) is 5.92 Å². The fourth-order valence-electron chi connectivity index (χ4n) is 2.34. The Morgan fingerprint density at radius 2 is 2.27 bits per heavy atom. The maximum absolute atomic E-state index is 12.2. The zero-order valence-corrected chi connectivity index (χ0v) is 9.41. The number of likely N-dealkylation sites (N-methyl/N-ethyl adjacent to an activating group) is 1. The Balaban J connectivity index is 1.94. The molecule has 0 aromatic heterocycles. The van der Waals surface area contributed by atoms with E-state index in [0.717, 1.165) is 38.9 Å². The summed E-state index contributed by atoms with van der Waals surface area (Å²) in [6, 6.07) is 0.452. The van der Waals surface area contributed by atoms with Gasteiger partial charge in [-0.3, -0.25) is 4.79 Å². The number of allylic oxidation sites excluding steroid dienone is 2. The van der Waals surface area contributed by atoms with Gasteiger partial charge in [-0.25, -0.2) is 0 Å². The zero-order chi connectivity index (χ0) is 10.7. The molecule has 84 valence electrons. The minimum Gasteiger partial charge on any atom is -0.337 e. The molecule has 0 aromatic rings. The molecular formula is C12H20N2O. The van der Waals surface area contributed by atoms with Gasteiger partial charge in [-0.05, 0) is 26.2 Å². The summed E-state index contributed by atoms with van der Waals surface area (Å²) in [6.45, 7) is 4.88. The second-order valence-electron chi connectivity index (χ2n) is 4.42. The van der Waals surface area contributed by atoms with Gasteiger partial charge in [0.1, 0.15) is 0 Å². The number of amides is 1. The molecule has 0 aromatic carbocycles. The third-order valence-electron chi connectivity index (χ3n) is 3.44. The number of nitrogens with one attached hydrogen (secondary N) is 1. The summed E-state index contributed by atoms with van der Waals surface area (Å²) in [5.74, 6) is 0.615. The maximum atomic E-state index is 12.2. The van der Waals surface area contributed by atoms with E-state index in [2.05, 4.69) is 29.3 Å². The Hall–Kier alpha value is -0.830. The second kappa shape index (κ2) is 4.79. The summed E-state index contributed by atoms with van der Waals surface area (Å²) in [6.07, 6.45) is 7.38. The van der Waals surface area contributed by atoms with Gasteiger partial charge >= 0.3 is 0 Å². The van der Waals surface area contributed by atoms with Crippen molar-refractivity contribution in [2.45, 2.75) is 32.2 Å². The van der Waals surface area contributed by atoms with Crippen LogP contribution in [0.5, 0.6) is 0 Å². The molecule has 0 spiro atoms. The predicted octanol–water partition coefficient (Wildman–Crippen LogP) is 1.16. The van der Waals surface area contributed by atoms with Gasteiger partial charge in [-0.15, -0.1) is 0 Å². The quantitative estimate of drug-likeness (QED) is 0.706. The molecule has 2 rings (SSSR count). The first-order valence-electron chi connectivity index (χ1n) is 5.99. The number of hydrogen-bond donors (Lipinski definition) is 1. The van der Waals surface area contributed by atoms with Crippen molar-refractivity contribution in [3.05, 3.63) is 12.2 Å². The molecule has 1 aliphatic heterocycles. The highest BCUT2D eigenvalue weighted by atomic mass is 16.2. The molecule has 1 unspecified atom stereocenters. The lowest BCUT2D eigenvalue weighted by Gasteiger charge is -2.39. The van der Waals surface area contributed by atoms with Crippen LogP contribution >= 0.6 is 0 Å². The topological polar surface area (TPSA) is 32.3 Å². The SMILES string of the molecule is CCN(C(=O)C1CC=CCC1)C1CNC1. The third-order valence-corrected chi connectivity index (χ3v) is 3.44. The van der Waals surface area contributed by atoms with E-state index >= 15 is 0 Å². The molecule has 3 heteroatoms. The van der Waals surface area contributed by atoms with Gasteiger partial charge in [0.25, 0.3) is 0 Å². The van der Waals surface area contributed by atoms with Crippen LogP contribution in [0.1, 0.15) is 26.2 Å². The molecule has 1 N–H and O–H groups in total. The summed E-state index contributed by atoms with van der Waals surface area (Å²) in [7, 11) is 0. The van der Waals surface area contributed by atoms with Crippen LogP contribution in [0.4, 0.5) is 0 Å². The average molecular weight is 208 g/mol. The van der Waals surface area contributed by atoms with E-state index in [9.17, 15) is 4.79 Å². The molecule has 1 aliphatic carbocycles. The van der Waals surface area contributed by atoms with Crippen LogP contribution in [-0.2, 0) is 4.79 Å². The molecule has 1 saturated heterocycles. The molecule has 3 nitrogen and oxygen atoms in total. The first-order chi connectivity index (χ1) is 7.33. The average Bonchev–Trinajstić information content (AvgIpc) is 2.23. The lowest BCUT2D eigenvalue weighted by molar-refractivity contribution is -0.139. The van der Waals surface area contributed by atoms with Gasteiger partial charge in [0.05, 0.1) is 6.04 Å². The molecule has 0 radical (unpaired) electrons. The molecular weight excluding hydrogens is 188 g/mol. The highest BCUT2D eigenvalue weighted by Gasteiger charge is 2.31. The van der Waals surface area contributed by atoms with E-state index in [4.69, 9.17) is 0 Å². The molecule has 1 fully saturated rings. The molecule has 0 bridgehead atoms. The number of carbonyl (C=O) groups is 1. The van der Waals surface area contributed by atoms with E-state index in [1.54, 1.807) is 0 Å². The Labute approximate surface area is 91.5 Å². The van der Waals surface area contributed by atoms with E-state index in [1.165, 1.54) is 0 Å². The molecule has 0 saturated carbocycles. The van der Waals surface area contributed by atoms with Crippen molar-refractivity contribution >= 4 is 5.91 Å².